The van der Waals surface area contributed by atoms with Crippen molar-refractivity contribution in [3.63, 3.8) is 0 Å². The van der Waals surface area contributed by atoms with E-state index in [-0.39, 0.29) is 24.4 Å². The first-order valence-corrected chi connectivity index (χ1v) is 8.19. The topological polar surface area (TPSA) is 73.6 Å². The Balaban J connectivity index is 0.00000192. The summed E-state index contributed by atoms with van der Waals surface area (Å²) in [6.07, 6.45) is 6.05. The summed E-state index contributed by atoms with van der Waals surface area (Å²) in [7, 11) is 0. The number of nitrogens with one attached hydrogen (secondary N) is 1. The Morgan fingerprint density at radius 1 is 1.22 bits per heavy atom. The number of benzene rings is 1. The van der Waals surface area contributed by atoms with Gasteiger partial charge in [0.1, 0.15) is 13.2 Å². The van der Waals surface area contributed by atoms with Gasteiger partial charge < -0.3 is 20.5 Å². The third-order valence-corrected chi connectivity index (χ3v) is 4.60. The molecule has 1 heterocycles. The summed E-state index contributed by atoms with van der Waals surface area (Å²) in [6, 6.07) is 5.46. The molecular formula is C17H25ClN2O3. The van der Waals surface area contributed by atoms with Crippen LogP contribution >= 0.6 is 12.4 Å². The van der Waals surface area contributed by atoms with Crippen LogP contribution in [0.15, 0.2) is 18.2 Å². The van der Waals surface area contributed by atoms with E-state index >= 15 is 0 Å². The van der Waals surface area contributed by atoms with Gasteiger partial charge in [-0.15, -0.1) is 12.4 Å². The number of carbonyl (C=O) groups is 1. The monoisotopic (exact) mass is 340 g/mol. The minimum absolute atomic E-state index is 0. The van der Waals surface area contributed by atoms with Gasteiger partial charge in [0.05, 0.1) is 5.56 Å². The highest BCUT2D eigenvalue weighted by molar-refractivity contribution is 5.98. The van der Waals surface area contributed by atoms with Crippen molar-refractivity contribution < 1.29 is 14.3 Å². The fourth-order valence-corrected chi connectivity index (χ4v) is 3.40. The van der Waals surface area contributed by atoms with E-state index in [4.69, 9.17) is 15.2 Å². The van der Waals surface area contributed by atoms with E-state index in [1.54, 1.807) is 6.07 Å². The minimum Gasteiger partial charge on any atom is -0.486 e. The molecule has 0 bridgehead atoms. The number of para-hydroxylation sites is 1. The normalized spacial score (nSPS) is 18.7. The Bertz CT molecular complexity index is 533. The predicted octanol–water partition coefficient (Wildman–Crippen LogP) is 2.52. The number of hydrogen-bond donors (Lipinski definition) is 2. The van der Waals surface area contributed by atoms with Gasteiger partial charge >= 0.3 is 0 Å². The number of amides is 1. The fraction of sp³-hybridized carbons (Fsp3) is 0.588. The number of nitrogens with two attached hydrogens (primary N) is 1. The highest BCUT2D eigenvalue weighted by Crippen LogP contribution is 2.34. The SMILES string of the molecule is Cl.NCC(NC(=O)c1cccc2c1OCCO2)C1CCCCC1. The van der Waals surface area contributed by atoms with Crippen LogP contribution in [-0.4, -0.2) is 31.7 Å². The summed E-state index contributed by atoms with van der Waals surface area (Å²) < 4.78 is 11.2. The first-order chi connectivity index (χ1) is 10.8. The van der Waals surface area contributed by atoms with Crippen molar-refractivity contribution in [3.05, 3.63) is 23.8 Å². The zero-order valence-electron chi connectivity index (χ0n) is 13.3. The quantitative estimate of drug-likeness (QED) is 0.883. The summed E-state index contributed by atoms with van der Waals surface area (Å²) in [6.45, 7) is 1.47. The molecule has 0 spiro atoms. The second kappa shape index (κ2) is 8.41. The van der Waals surface area contributed by atoms with E-state index in [0.29, 0.717) is 42.7 Å². The van der Waals surface area contributed by atoms with Crippen LogP contribution in [0.2, 0.25) is 0 Å². The molecule has 5 nitrogen and oxygen atoms in total. The summed E-state index contributed by atoms with van der Waals surface area (Å²) in [4.78, 5) is 12.6. The molecule has 6 heteroatoms. The maximum Gasteiger partial charge on any atom is 0.255 e. The maximum atomic E-state index is 12.6. The molecule has 1 aromatic carbocycles. The molecule has 3 rings (SSSR count). The van der Waals surface area contributed by atoms with Crippen LogP contribution in [0, 0.1) is 5.92 Å². The van der Waals surface area contributed by atoms with Gasteiger partial charge in [0.15, 0.2) is 11.5 Å². The highest BCUT2D eigenvalue weighted by atomic mass is 35.5. The molecule has 0 saturated heterocycles. The Kier molecular flexibility index (Phi) is 6.54. The van der Waals surface area contributed by atoms with Crippen molar-refractivity contribution in [3.8, 4) is 11.5 Å². The molecule has 0 radical (unpaired) electrons. The molecule has 128 valence electrons. The smallest absolute Gasteiger partial charge is 0.255 e. The lowest BCUT2D eigenvalue weighted by Gasteiger charge is -2.30. The van der Waals surface area contributed by atoms with Gasteiger partial charge in [0.2, 0.25) is 0 Å². The van der Waals surface area contributed by atoms with E-state index in [2.05, 4.69) is 5.32 Å². The van der Waals surface area contributed by atoms with Crippen molar-refractivity contribution in [2.24, 2.45) is 11.7 Å². The van der Waals surface area contributed by atoms with E-state index in [1.165, 1.54) is 19.3 Å². The van der Waals surface area contributed by atoms with Crippen molar-refractivity contribution in [1.29, 1.82) is 0 Å². The van der Waals surface area contributed by atoms with Gasteiger partial charge in [-0.2, -0.15) is 0 Å². The number of fused-ring (bicyclic) bond motifs is 1. The van der Waals surface area contributed by atoms with Crippen molar-refractivity contribution in [2.75, 3.05) is 19.8 Å². The van der Waals surface area contributed by atoms with E-state index < -0.39 is 0 Å². The van der Waals surface area contributed by atoms with Gasteiger partial charge in [-0.25, -0.2) is 0 Å². The molecular weight excluding hydrogens is 316 g/mol. The molecule has 1 saturated carbocycles. The number of rotatable bonds is 4. The maximum absolute atomic E-state index is 12.6. The Morgan fingerprint density at radius 2 is 1.96 bits per heavy atom. The molecule has 3 N–H and O–H groups in total. The van der Waals surface area contributed by atoms with Crippen LogP contribution in [-0.2, 0) is 0 Å². The Labute approximate surface area is 143 Å². The average Bonchev–Trinajstić information content (AvgIpc) is 2.59. The van der Waals surface area contributed by atoms with Gasteiger partial charge in [-0.05, 0) is 30.9 Å². The third kappa shape index (κ3) is 4.09. The van der Waals surface area contributed by atoms with Crippen LogP contribution < -0.4 is 20.5 Å². The molecule has 1 fully saturated rings. The Morgan fingerprint density at radius 3 is 2.70 bits per heavy atom. The number of ether oxygens (including phenoxy) is 2. The van der Waals surface area contributed by atoms with Crippen LogP contribution in [0.25, 0.3) is 0 Å². The van der Waals surface area contributed by atoms with Crippen molar-refractivity contribution in [2.45, 2.75) is 38.1 Å². The summed E-state index contributed by atoms with van der Waals surface area (Å²) >= 11 is 0. The van der Waals surface area contributed by atoms with E-state index in [0.717, 1.165) is 12.8 Å². The molecule has 1 unspecified atom stereocenters. The lowest BCUT2D eigenvalue weighted by Crippen LogP contribution is -2.46. The van der Waals surface area contributed by atoms with E-state index in [1.807, 2.05) is 12.1 Å². The summed E-state index contributed by atoms with van der Waals surface area (Å²) in [5, 5.41) is 3.10. The highest BCUT2D eigenvalue weighted by Gasteiger charge is 2.26. The first kappa shape index (κ1) is 17.9. The van der Waals surface area contributed by atoms with Gasteiger partial charge in [0, 0.05) is 12.6 Å². The van der Waals surface area contributed by atoms with Crippen LogP contribution in [0.4, 0.5) is 0 Å². The van der Waals surface area contributed by atoms with Gasteiger partial charge in [0.25, 0.3) is 5.91 Å². The number of halogens is 1. The molecule has 2 aliphatic rings. The fourth-order valence-electron chi connectivity index (χ4n) is 3.40. The average molecular weight is 341 g/mol. The van der Waals surface area contributed by atoms with Crippen LogP contribution in [0.1, 0.15) is 42.5 Å². The molecule has 1 aliphatic carbocycles. The second-order valence-corrected chi connectivity index (χ2v) is 6.04. The molecule has 0 aromatic heterocycles. The lowest BCUT2D eigenvalue weighted by atomic mass is 9.84. The number of hydrogen-bond acceptors (Lipinski definition) is 4. The van der Waals surface area contributed by atoms with Crippen LogP contribution in [0.5, 0.6) is 11.5 Å². The molecule has 1 atom stereocenters. The third-order valence-electron chi connectivity index (χ3n) is 4.60. The summed E-state index contributed by atoms with van der Waals surface area (Å²) in [5.74, 6) is 1.55. The molecule has 1 aliphatic heterocycles. The van der Waals surface area contributed by atoms with Crippen LogP contribution in [0.3, 0.4) is 0 Å². The lowest BCUT2D eigenvalue weighted by molar-refractivity contribution is 0.0904. The second-order valence-electron chi connectivity index (χ2n) is 6.04. The van der Waals surface area contributed by atoms with Gasteiger partial charge in [-0.3, -0.25) is 4.79 Å². The number of carbonyl (C=O) groups excluding carboxylic acids is 1. The minimum atomic E-state index is -0.122. The molecule has 23 heavy (non-hydrogen) atoms. The van der Waals surface area contributed by atoms with Gasteiger partial charge in [-0.1, -0.05) is 25.3 Å². The van der Waals surface area contributed by atoms with E-state index in [9.17, 15) is 4.79 Å². The zero-order chi connectivity index (χ0) is 15.4. The van der Waals surface area contributed by atoms with Crippen molar-refractivity contribution >= 4 is 18.3 Å². The molecule has 1 amide bonds. The standard InChI is InChI=1S/C17H24N2O3.ClH/c18-11-14(12-5-2-1-3-6-12)19-17(20)13-7-4-8-15-16(13)22-10-9-21-15;/h4,7-8,12,14H,1-3,5-6,9-11,18H2,(H,19,20);1H. The largest absolute Gasteiger partial charge is 0.486 e. The molecule has 1 aromatic rings. The first-order valence-electron chi connectivity index (χ1n) is 8.19. The zero-order valence-corrected chi connectivity index (χ0v) is 14.1. The van der Waals surface area contributed by atoms with Crippen molar-refractivity contribution in [1.82, 2.24) is 5.32 Å². The summed E-state index contributed by atoms with van der Waals surface area (Å²) in [5.41, 5.74) is 6.43. The Hall–Kier alpha value is -1.46. The predicted molar refractivity (Wildman–Crippen MR) is 91.6 cm³/mol.